The normalized spacial score (nSPS) is 15.3. The molecule has 0 unspecified atom stereocenters. The van der Waals surface area contributed by atoms with Crippen LogP contribution in [0.25, 0.3) is 27.9 Å². The Labute approximate surface area is 166 Å². The number of amides is 1. The fourth-order valence-electron chi connectivity index (χ4n) is 3.87. The van der Waals surface area contributed by atoms with Gasteiger partial charge in [0.25, 0.3) is 0 Å². The maximum Gasteiger partial charge on any atom is 0.407 e. The van der Waals surface area contributed by atoms with Crippen molar-refractivity contribution in [3.05, 3.63) is 42.2 Å². The van der Waals surface area contributed by atoms with Gasteiger partial charge in [0.2, 0.25) is 5.65 Å². The van der Waals surface area contributed by atoms with Crippen LogP contribution in [0.3, 0.4) is 0 Å². The number of piperidine rings is 1. The van der Waals surface area contributed by atoms with Crippen LogP contribution in [-0.2, 0) is 0 Å². The number of anilines is 1. The van der Waals surface area contributed by atoms with Crippen LogP contribution in [0.15, 0.2) is 36.4 Å². The number of carboxylic acid groups (broad SMARTS) is 1. The molecule has 0 radical (unpaired) electrons. The average Bonchev–Trinajstić information content (AvgIpc) is 3.32. The molecule has 29 heavy (non-hydrogen) atoms. The van der Waals surface area contributed by atoms with E-state index in [1.807, 2.05) is 31.2 Å². The Kier molecular flexibility index (Phi) is 4.08. The Bertz CT molecular complexity index is 1170. The van der Waals surface area contributed by atoms with Crippen LogP contribution in [0, 0.1) is 6.92 Å². The second kappa shape index (κ2) is 6.77. The zero-order chi connectivity index (χ0) is 20.0. The van der Waals surface area contributed by atoms with Crippen molar-refractivity contribution in [2.45, 2.75) is 25.8 Å². The van der Waals surface area contributed by atoms with Gasteiger partial charge in [-0.05, 0) is 38.0 Å². The summed E-state index contributed by atoms with van der Waals surface area (Å²) >= 11 is 0. The van der Waals surface area contributed by atoms with E-state index in [1.54, 1.807) is 4.52 Å². The Morgan fingerprint density at radius 3 is 2.76 bits per heavy atom. The molecule has 148 valence electrons. The lowest BCUT2D eigenvalue weighted by molar-refractivity contribution is 0.134. The second-order valence-corrected chi connectivity index (χ2v) is 7.38. The minimum Gasteiger partial charge on any atom is -0.465 e. The summed E-state index contributed by atoms with van der Waals surface area (Å²) in [5.41, 5.74) is 4.29. The summed E-state index contributed by atoms with van der Waals surface area (Å²) < 4.78 is 1.75. The molecule has 5 rings (SSSR count). The van der Waals surface area contributed by atoms with Crippen molar-refractivity contribution in [3.63, 3.8) is 0 Å². The number of aromatic amines is 1. The summed E-state index contributed by atoms with van der Waals surface area (Å²) in [6, 6.07) is 12.3. The number of nitrogens with one attached hydrogen (secondary N) is 2. The number of aryl methyl sites for hydroxylation is 1. The third kappa shape index (κ3) is 3.14. The molecular formula is C20H21N7O2. The number of rotatable bonds is 3. The zero-order valence-corrected chi connectivity index (χ0v) is 16.0. The predicted octanol–water partition coefficient (Wildman–Crippen LogP) is 3.14. The van der Waals surface area contributed by atoms with Gasteiger partial charge in [-0.25, -0.2) is 4.79 Å². The molecule has 3 N–H and O–H groups in total. The summed E-state index contributed by atoms with van der Waals surface area (Å²) in [5, 5.41) is 27.0. The first-order chi connectivity index (χ1) is 14.1. The SMILES string of the molecule is Cc1nnc2c(NC3CCN(C(=O)O)CC3)cc(-c3cc4ccccc4[nH]3)nn12. The number of H-pyrrole nitrogens is 1. The maximum absolute atomic E-state index is 11.1. The standard InChI is InChI=1S/C20H21N7O2/c1-12-23-24-19-18(21-14-6-8-26(9-7-14)20(28)29)11-17(25-27(12)19)16-10-13-4-2-3-5-15(13)22-16/h2-5,10-11,14,21-22H,6-9H2,1H3,(H,28,29). The van der Waals surface area contributed by atoms with E-state index in [0.29, 0.717) is 24.6 Å². The molecular weight excluding hydrogens is 370 g/mol. The van der Waals surface area contributed by atoms with Gasteiger partial charge in [0, 0.05) is 30.0 Å². The minimum absolute atomic E-state index is 0.171. The van der Waals surface area contributed by atoms with Crippen molar-refractivity contribution in [2.75, 3.05) is 18.4 Å². The fourth-order valence-corrected chi connectivity index (χ4v) is 3.87. The van der Waals surface area contributed by atoms with Gasteiger partial charge >= 0.3 is 6.09 Å². The Morgan fingerprint density at radius 2 is 2.00 bits per heavy atom. The largest absolute Gasteiger partial charge is 0.465 e. The van der Waals surface area contributed by atoms with E-state index >= 15 is 0 Å². The van der Waals surface area contributed by atoms with E-state index in [-0.39, 0.29) is 6.04 Å². The zero-order valence-electron chi connectivity index (χ0n) is 16.0. The monoisotopic (exact) mass is 391 g/mol. The molecule has 0 spiro atoms. The molecule has 0 aliphatic carbocycles. The highest BCUT2D eigenvalue weighted by Gasteiger charge is 2.23. The first-order valence-corrected chi connectivity index (χ1v) is 9.64. The molecule has 3 aromatic heterocycles. The van der Waals surface area contributed by atoms with Crippen LogP contribution in [0.1, 0.15) is 18.7 Å². The van der Waals surface area contributed by atoms with Crippen molar-refractivity contribution in [1.82, 2.24) is 29.7 Å². The van der Waals surface area contributed by atoms with Gasteiger partial charge in [-0.2, -0.15) is 9.61 Å². The van der Waals surface area contributed by atoms with E-state index in [0.717, 1.165) is 40.8 Å². The number of hydrogen-bond acceptors (Lipinski definition) is 5. The molecule has 0 saturated carbocycles. The maximum atomic E-state index is 11.1. The average molecular weight is 391 g/mol. The van der Waals surface area contributed by atoms with E-state index in [2.05, 4.69) is 32.6 Å². The number of fused-ring (bicyclic) bond motifs is 2. The van der Waals surface area contributed by atoms with E-state index in [9.17, 15) is 4.79 Å². The highest BCUT2D eigenvalue weighted by atomic mass is 16.4. The van der Waals surface area contributed by atoms with Gasteiger partial charge in [0.15, 0.2) is 5.82 Å². The van der Waals surface area contributed by atoms with Crippen molar-refractivity contribution >= 4 is 28.3 Å². The highest BCUT2D eigenvalue weighted by Crippen LogP contribution is 2.28. The van der Waals surface area contributed by atoms with E-state index in [4.69, 9.17) is 10.2 Å². The molecule has 1 aliphatic rings. The smallest absolute Gasteiger partial charge is 0.407 e. The lowest BCUT2D eigenvalue weighted by Crippen LogP contribution is -2.41. The number of likely N-dealkylation sites (tertiary alicyclic amines) is 1. The summed E-state index contributed by atoms with van der Waals surface area (Å²) in [4.78, 5) is 16.0. The molecule has 9 nitrogen and oxygen atoms in total. The molecule has 0 atom stereocenters. The lowest BCUT2D eigenvalue weighted by Gasteiger charge is -2.31. The van der Waals surface area contributed by atoms with Gasteiger partial charge in [-0.1, -0.05) is 18.2 Å². The molecule has 4 heterocycles. The highest BCUT2D eigenvalue weighted by molar-refractivity contribution is 5.86. The van der Waals surface area contributed by atoms with Gasteiger partial charge < -0.3 is 20.3 Å². The summed E-state index contributed by atoms with van der Waals surface area (Å²) in [7, 11) is 0. The molecule has 1 fully saturated rings. The number of benzene rings is 1. The third-order valence-electron chi connectivity index (χ3n) is 5.46. The van der Waals surface area contributed by atoms with Crippen LogP contribution >= 0.6 is 0 Å². The lowest BCUT2D eigenvalue weighted by atomic mass is 10.1. The summed E-state index contributed by atoms with van der Waals surface area (Å²) in [5.74, 6) is 0.710. The summed E-state index contributed by atoms with van der Waals surface area (Å²) in [6.45, 7) is 2.92. The molecule has 1 amide bonds. The minimum atomic E-state index is -0.857. The van der Waals surface area contributed by atoms with Crippen molar-refractivity contribution < 1.29 is 9.90 Å². The molecule has 1 saturated heterocycles. The molecule has 1 aliphatic heterocycles. The number of hydrogen-bond donors (Lipinski definition) is 3. The van der Waals surface area contributed by atoms with Crippen molar-refractivity contribution in [2.24, 2.45) is 0 Å². The quantitative estimate of drug-likeness (QED) is 0.495. The van der Waals surface area contributed by atoms with E-state index < -0.39 is 6.09 Å². The van der Waals surface area contributed by atoms with Crippen LogP contribution in [0.2, 0.25) is 0 Å². The van der Waals surface area contributed by atoms with Gasteiger partial charge in [-0.15, -0.1) is 10.2 Å². The van der Waals surface area contributed by atoms with Gasteiger partial charge in [0.1, 0.15) is 5.69 Å². The fraction of sp³-hybridized carbons (Fsp3) is 0.300. The Morgan fingerprint density at radius 1 is 1.21 bits per heavy atom. The Balaban J connectivity index is 1.50. The van der Waals surface area contributed by atoms with Crippen LogP contribution in [0.5, 0.6) is 0 Å². The number of para-hydroxylation sites is 1. The van der Waals surface area contributed by atoms with E-state index in [1.165, 1.54) is 4.90 Å². The topological polar surface area (TPSA) is 111 Å². The molecule has 0 bridgehead atoms. The predicted molar refractivity (Wildman–Crippen MR) is 109 cm³/mol. The second-order valence-electron chi connectivity index (χ2n) is 7.38. The van der Waals surface area contributed by atoms with Gasteiger partial charge in [0.05, 0.1) is 11.4 Å². The third-order valence-corrected chi connectivity index (χ3v) is 5.46. The molecule has 9 heteroatoms. The summed E-state index contributed by atoms with van der Waals surface area (Å²) in [6.07, 6.45) is 0.634. The van der Waals surface area contributed by atoms with Crippen LogP contribution in [-0.4, -0.2) is 60.0 Å². The molecule has 4 aromatic rings. The molecule has 1 aromatic carbocycles. The van der Waals surface area contributed by atoms with Crippen LogP contribution < -0.4 is 5.32 Å². The number of aromatic nitrogens is 5. The first-order valence-electron chi connectivity index (χ1n) is 9.64. The van der Waals surface area contributed by atoms with Crippen molar-refractivity contribution in [1.29, 1.82) is 0 Å². The first kappa shape index (κ1) is 17.5. The van der Waals surface area contributed by atoms with Crippen molar-refractivity contribution in [3.8, 4) is 11.4 Å². The van der Waals surface area contributed by atoms with Crippen LogP contribution in [0.4, 0.5) is 10.5 Å². The number of nitrogens with zero attached hydrogens (tertiary/aromatic N) is 5. The Hall–Kier alpha value is -3.62. The number of carbonyl (C=O) groups is 1. The van der Waals surface area contributed by atoms with Gasteiger partial charge in [-0.3, -0.25) is 0 Å².